The zero-order valence-corrected chi connectivity index (χ0v) is 11.2. The molecule has 0 radical (unpaired) electrons. The number of aryl methyl sites for hydroxylation is 1. The summed E-state index contributed by atoms with van der Waals surface area (Å²) in [6, 6.07) is 7.81. The highest BCUT2D eigenvalue weighted by atomic mass is 19.1. The maximum absolute atomic E-state index is 13.9. The highest BCUT2D eigenvalue weighted by Gasteiger charge is 2.14. The van der Waals surface area contributed by atoms with Gasteiger partial charge >= 0.3 is 5.97 Å². The molecule has 0 saturated carbocycles. The molecule has 4 N–H and O–H groups in total. The van der Waals surface area contributed by atoms with Crippen LogP contribution in [0.4, 0.5) is 21.5 Å². The highest BCUT2D eigenvalue weighted by Crippen LogP contribution is 2.27. The van der Waals surface area contributed by atoms with Crippen molar-refractivity contribution in [3.8, 4) is 0 Å². The van der Waals surface area contributed by atoms with E-state index in [1.165, 1.54) is 6.07 Å². The summed E-state index contributed by atoms with van der Waals surface area (Å²) < 4.78 is 13.9. The summed E-state index contributed by atoms with van der Waals surface area (Å²) in [4.78, 5) is 11.0. The second-order valence-corrected chi connectivity index (χ2v) is 4.60. The molecule has 0 aromatic heterocycles. The van der Waals surface area contributed by atoms with E-state index in [1.54, 1.807) is 6.07 Å². The van der Waals surface area contributed by atoms with Crippen LogP contribution < -0.4 is 11.1 Å². The molecule has 0 spiro atoms. The van der Waals surface area contributed by atoms with Crippen LogP contribution in [-0.4, -0.2) is 11.1 Å². The summed E-state index contributed by atoms with van der Waals surface area (Å²) in [7, 11) is 0. The van der Waals surface area contributed by atoms with Crippen molar-refractivity contribution in [2.24, 2.45) is 0 Å². The number of rotatable bonds is 3. The van der Waals surface area contributed by atoms with Crippen LogP contribution in [0.25, 0.3) is 0 Å². The number of nitrogen functional groups attached to an aromatic ring is 1. The van der Waals surface area contributed by atoms with E-state index in [1.807, 2.05) is 26.0 Å². The normalized spacial score (nSPS) is 10.3. The van der Waals surface area contributed by atoms with Crippen LogP contribution in [0.5, 0.6) is 0 Å². The van der Waals surface area contributed by atoms with Crippen molar-refractivity contribution < 1.29 is 14.3 Å². The lowest BCUT2D eigenvalue weighted by Gasteiger charge is -2.13. The monoisotopic (exact) mass is 274 g/mol. The van der Waals surface area contributed by atoms with E-state index in [9.17, 15) is 9.18 Å². The molecule has 104 valence electrons. The lowest BCUT2D eigenvalue weighted by Crippen LogP contribution is -2.06. The van der Waals surface area contributed by atoms with Gasteiger partial charge in [-0.15, -0.1) is 0 Å². The van der Waals surface area contributed by atoms with Crippen LogP contribution >= 0.6 is 0 Å². The van der Waals surface area contributed by atoms with Gasteiger partial charge in [-0.25, -0.2) is 9.18 Å². The van der Waals surface area contributed by atoms with E-state index in [2.05, 4.69) is 5.32 Å². The van der Waals surface area contributed by atoms with Crippen molar-refractivity contribution >= 4 is 23.0 Å². The third kappa shape index (κ3) is 2.56. The van der Waals surface area contributed by atoms with E-state index in [0.29, 0.717) is 0 Å². The molecule has 0 unspecified atom stereocenters. The fourth-order valence-electron chi connectivity index (χ4n) is 1.90. The Balaban J connectivity index is 2.46. The zero-order chi connectivity index (χ0) is 14.9. The van der Waals surface area contributed by atoms with Gasteiger partial charge in [0.15, 0.2) is 0 Å². The third-order valence-corrected chi connectivity index (χ3v) is 3.24. The second-order valence-electron chi connectivity index (χ2n) is 4.60. The van der Waals surface area contributed by atoms with E-state index in [-0.39, 0.29) is 16.9 Å². The molecular formula is C15H15FN2O2. The summed E-state index contributed by atoms with van der Waals surface area (Å²) >= 11 is 0. The number of halogens is 1. The number of carboxylic acids is 1. The molecule has 0 aliphatic rings. The lowest BCUT2D eigenvalue weighted by atomic mass is 10.1. The first-order valence-electron chi connectivity index (χ1n) is 6.05. The van der Waals surface area contributed by atoms with E-state index >= 15 is 0 Å². The molecule has 0 saturated heterocycles. The minimum absolute atomic E-state index is 0.0882. The summed E-state index contributed by atoms with van der Waals surface area (Å²) in [5.41, 5.74) is 8.12. The summed E-state index contributed by atoms with van der Waals surface area (Å²) in [6.45, 7) is 3.85. The molecule has 2 rings (SSSR count). The summed E-state index contributed by atoms with van der Waals surface area (Å²) in [5.74, 6) is -1.78. The quantitative estimate of drug-likeness (QED) is 0.749. The van der Waals surface area contributed by atoms with Gasteiger partial charge < -0.3 is 16.2 Å². The largest absolute Gasteiger partial charge is 0.478 e. The number of carbonyl (C=O) groups is 1. The molecule has 2 aromatic carbocycles. The Hall–Kier alpha value is -2.56. The van der Waals surface area contributed by atoms with Gasteiger partial charge in [0.05, 0.1) is 11.3 Å². The summed E-state index contributed by atoms with van der Waals surface area (Å²) in [6.07, 6.45) is 0. The first kappa shape index (κ1) is 13.9. The van der Waals surface area contributed by atoms with Crippen LogP contribution in [0.3, 0.4) is 0 Å². The van der Waals surface area contributed by atoms with Crippen molar-refractivity contribution in [3.63, 3.8) is 0 Å². The molecule has 0 amide bonds. The molecular weight excluding hydrogens is 259 g/mol. The van der Waals surface area contributed by atoms with Crippen molar-refractivity contribution in [2.45, 2.75) is 13.8 Å². The van der Waals surface area contributed by atoms with Crippen molar-refractivity contribution in [3.05, 3.63) is 52.8 Å². The van der Waals surface area contributed by atoms with Crippen LogP contribution in [0.2, 0.25) is 0 Å². The molecule has 0 heterocycles. The molecule has 0 aliphatic heterocycles. The number of nitrogens with two attached hydrogens (primary N) is 1. The fourth-order valence-corrected chi connectivity index (χ4v) is 1.90. The Morgan fingerprint density at radius 1 is 1.25 bits per heavy atom. The minimum Gasteiger partial charge on any atom is -0.478 e. The Kier molecular flexibility index (Phi) is 3.61. The minimum atomic E-state index is -1.19. The van der Waals surface area contributed by atoms with E-state index < -0.39 is 11.8 Å². The predicted octanol–water partition coefficient (Wildman–Crippen LogP) is 3.47. The van der Waals surface area contributed by atoms with Crippen LogP contribution in [0.1, 0.15) is 21.5 Å². The first-order chi connectivity index (χ1) is 9.40. The Morgan fingerprint density at radius 2 is 1.95 bits per heavy atom. The molecule has 0 bridgehead atoms. The smallest absolute Gasteiger partial charge is 0.337 e. The molecule has 0 atom stereocenters. The second kappa shape index (κ2) is 5.21. The average molecular weight is 274 g/mol. The average Bonchev–Trinajstić information content (AvgIpc) is 2.37. The van der Waals surface area contributed by atoms with E-state index in [0.717, 1.165) is 22.9 Å². The van der Waals surface area contributed by atoms with E-state index in [4.69, 9.17) is 10.8 Å². The van der Waals surface area contributed by atoms with Crippen LogP contribution in [-0.2, 0) is 0 Å². The Labute approximate surface area is 116 Å². The number of hydrogen-bond donors (Lipinski definition) is 3. The van der Waals surface area contributed by atoms with Gasteiger partial charge in [-0.3, -0.25) is 0 Å². The standard InChI is InChI=1S/C15H15FN2O2/c1-8-4-3-5-13(9(8)2)18-14-6-10(15(19)20)12(17)7-11(14)16/h3-7,18H,17H2,1-2H3,(H,19,20). The highest BCUT2D eigenvalue weighted by molar-refractivity contribution is 5.95. The first-order valence-corrected chi connectivity index (χ1v) is 6.05. The molecule has 5 heteroatoms. The molecule has 4 nitrogen and oxygen atoms in total. The lowest BCUT2D eigenvalue weighted by molar-refractivity contribution is 0.0698. The van der Waals surface area contributed by atoms with Crippen LogP contribution in [0, 0.1) is 19.7 Å². The predicted molar refractivity (Wildman–Crippen MR) is 77.0 cm³/mol. The third-order valence-electron chi connectivity index (χ3n) is 3.24. The maximum atomic E-state index is 13.9. The van der Waals surface area contributed by atoms with Gasteiger partial charge in [-0.1, -0.05) is 12.1 Å². The number of benzene rings is 2. The van der Waals surface area contributed by atoms with Gasteiger partial charge in [0.2, 0.25) is 0 Å². The summed E-state index contributed by atoms with van der Waals surface area (Å²) in [5, 5.41) is 11.9. The topological polar surface area (TPSA) is 75.3 Å². The number of aromatic carboxylic acids is 1. The van der Waals surface area contributed by atoms with Gasteiger partial charge in [-0.05, 0) is 43.2 Å². The van der Waals surface area contributed by atoms with Crippen LogP contribution in [0.15, 0.2) is 30.3 Å². The molecule has 20 heavy (non-hydrogen) atoms. The number of anilines is 3. The maximum Gasteiger partial charge on any atom is 0.337 e. The molecule has 0 fully saturated rings. The number of carboxylic acid groups (broad SMARTS) is 1. The fraction of sp³-hybridized carbons (Fsp3) is 0.133. The van der Waals surface area contributed by atoms with Gasteiger partial charge in [0.1, 0.15) is 5.82 Å². The SMILES string of the molecule is Cc1cccc(Nc2cc(C(=O)O)c(N)cc2F)c1C. The Bertz CT molecular complexity index is 684. The number of nitrogens with one attached hydrogen (secondary N) is 1. The Morgan fingerprint density at radius 3 is 2.60 bits per heavy atom. The molecule has 0 aliphatic carbocycles. The van der Waals surface area contributed by atoms with Crippen molar-refractivity contribution in [1.82, 2.24) is 0 Å². The van der Waals surface area contributed by atoms with Gasteiger partial charge in [-0.2, -0.15) is 0 Å². The van der Waals surface area contributed by atoms with Gasteiger partial charge in [0, 0.05) is 11.4 Å². The molecule has 2 aromatic rings. The number of hydrogen-bond acceptors (Lipinski definition) is 3. The van der Waals surface area contributed by atoms with Crippen molar-refractivity contribution in [1.29, 1.82) is 0 Å². The zero-order valence-electron chi connectivity index (χ0n) is 11.2. The van der Waals surface area contributed by atoms with Gasteiger partial charge in [0.25, 0.3) is 0 Å². The van der Waals surface area contributed by atoms with Crippen molar-refractivity contribution in [2.75, 3.05) is 11.1 Å².